The molecule has 2 aromatic rings. The van der Waals surface area contributed by atoms with Crippen LogP contribution in [0, 0.1) is 5.82 Å². The van der Waals surface area contributed by atoms with E-state index in [1.54, 1.807) is 4.90 Å². The Balaban J connectivity index is 1.50. The summed E-state index contributed by atoms with van der Waals surface area (Å²) >= 11 is 6.01. The van der Waals surface area contributed by atoms with Crippen molar-refractivity contribution in [3.63, 3.8) is 0 Å². The first-order chi connectivity index (χ1) is 14.3. The Morgan fingerprint density at radius 2 is 1.57 bits per heavy atom. The molecule has 0 bridgehead atoms. The standard InChI is InChI=1S/C22H24ClFN2O3S/c23-18-5-3-17(4-6-18)22(11-1-12-22)21(27)25-13-2-14-26(16-15-25)30(28,29)20-9-7-19(24)8-10-20/h3-10H,1-2,11-16H2. The zero-order valence-corrected chi connectivity index (χ0v) is 18.1. The van der Waals surface area contributed by atoms with E-state index in [0.29, 0.717) is 31.1 Å². The number of sulfonamides is 1. The Morgan fingerprint density at radius 3 is 2.17 bits per heavy atom. The fourth-order valence-corrected chi connectivity index (χ4v) is 5.92. The van der Waals surface area contributed by atoms with Crippen molar-refractivity contribution >= 4 is 27.5 Å². The van der Waals surface area contributed by atoms with E-state index in [4.69, 9.17) is 11.6 Å². The molecule has 2 aromatic carbocycles. The smallest absolute Gasteiger partial charge is 0.243 e. The second-order valence-corrected chi connectivity index (χ2v) is 10.3. The predicted molar refractivity (Wildman–Crippen MR) is 113 cm³/mol. The first-order valence-corrected chi connectivity index (χ1v) is 12.0. The molecular formula is C22H24ClFN2O3S. The summed E-state index contributed by atoms with van der Waals surface area (Å²) < 4.78 is 40.4. The summed E-state index contributed by atoms with van der Waals surface area (Å²) in [4.78, 5) is 15.4. The molecule has 8 heteroatoms. The first kappa shape index (κ1) is 21.3. The fraction of sp³-hybridized carbons (Fsp3) is 0.409. The molecule has 0 spiro atoms. The van der Waals surface area contributed by atoms with Gasteiger partial charge in [-0.05, 0) is 61.2 Å². The van der Waals surface area contributed by atoms with Crippen molar-refractivity contribution in [2.24, 2.45) is 0 Å². The van der Waals surface area contributed by atoms with E-state index in [1.165, 1.54) is 16.4 Å². The molecule has 1 saturated heterocycles. The Morgan fingerprint density at radius 1 is 0.900 bits per heavy atom. The molecule has 2 fully saturated rings. The third-order valence-corrected chi connectivity index (χ3v) is 8.37. The molecule has 0 N–H and O–H groups in total. The van der Waals surface area contributed by atoms with Gasteiger partial charge in [-0.2, -0.15) is 4.31 Å². The number of rotatable bonds is 4. The average molecular weight is 451 g/mol. The highest BCUT2D eigenvalue weighted by Crippen LogP contribution is 2.45. The molecular weight excluding hydrogens is 427 g/mol. The molecule has 1 amide bonds. The molecule has 0 atom stereocenters. The molecule has 160 valence electrons. The number of carbonyl (C=O) groups excluding carboxylic acids is 1. The number of hydrogen-bond acceptors (Lipinski definition) is 3. The largest absolute Gasteiger partial charge is 0.341 e. The Hall–Kier alpha value is -1.96. The van der Waals surface area contributed by atoms with Gasteiger partial charge in [0.2, 0.25) is 15.9 Å². The van der Waals surface area contributed by atoms with Crippen LogP contribution in [0.1, 0.15) is 31.2 Å². The van der Waals surface area contributed by atoms with Gasteiger partial charge in [0.05, 0.1) is 10.3 Å². The number of amides is 1. The monoisotopic (exact) mass is 450 g/mol. The van der Waals surface area contributed by atoms with Crippen LogP contribution in [0.5, 0.6) is 0 Å². The molecule has 2 aliphatic rings. The molecule has 4 rings (SSSR count). The molecule has 0 aromatic heterocycles. The Kier molecular flexibility index (Phi) is 5.88. The van der Waals surface area contributed by atoms with Gasteiger partial charge in [0.25, 0.3) is 0 Å². The maximum atomic E-state index is 13.5. The zero-order valence-electron chi connectivity index (χ0n) is 16.6. The first-order valence-electron chi connectivity index (χ1n) is 10.1. The van der Waals surface area contributed by atoms with Crippen molar-refractivity contribution in [1.29, 1.82) is 0 Å². The van der Waals surface area contributed by atoms with E-state index in [-0.39, 0.29) is 17.3 Å². The van der Waals surface area contributed by atoms with E-state index in [1.807, 2.05) is 24.3 Å². The molecule has 0 radical (unpaired) electrons. The Labute approximate surface area is 181 Å². The van der Waals surface area contributed by atoms with Gasteiger partial charge in [-0.25, -0.2) is 12.8 Å². The lowest BCUT2D eigenvalue weighted by atomic mass is 9.63. The van der Waals surface area contributed by atoms with Gasteiger partial charge in [0, 0.05) is 31.2 Å². The highest BCUT2D eigenvalue weighted by atomic mass is 35.5. The van der Waals surface area contributed by atoms with Crippen molar-refractivity contribution in [2.45, 2.75) is 36.0 Å². The third kappa shape index (κ3) is 3.86. The van der Waals surface area contributed by atoms with Gasteiger partial charge in [-0.3, -0.25) is 4.79 Å². The summed E-state index contributed by atoms with van der Waals surface area (Å²) in [6.07, 6.45) is 3.14. The normalized spacial score (nSPS) is 19.7. The van der Waals surface area contributed by atoms with Crippen LogP contribution >= 0.6 is 11.6 Å². The molecule has 30 heavy (non-hydrogen) atoms. The van der Waals surface area contributed by atoms with Crippen molar-refractivity contribution in [3.05, 3.63) is 64.9 Å². The second kappa shape index (κ2) is 8.29. The molecule has 5 nitrogen and oxygen atoms in total. The second-order valence-electron chi connectivity index (χ2n) is 7.95. The topological polar surface area (TPSA) is 57.7 Å². The van der Waals surface area contributed by atoms with Gasteiger partial charge >= 0.3 is 0 Å². The van der Waals surface area contributed by atoms with Crippen LogP contribution in [0.4, 0.5) is 4.39 Å². The highest BCUT2D eigenvalue weighted by Gasteiger charge is 2.47. The lowest BCUT2D eigenvalue weighted by Gasteiger charge is -2.44. The molecule has 1 aliphatic heterocycles. The van der Waals surface area contributed by atoms with Gasteiger partial charge < -0.3 is 4.90 Å². The minimum absolute atomic E-state index is 0.0668. The van der Waals surface area contributed by atoms with Gasteiger partial charge in [0.15, 0.2) is 0 Å². The van der Waals surface area contributed by atoms with E-state index in [9.17, 15) is 17.6 Å². The number of nitrogens with zero attached hydrogens (tertiary/aromatic N) is 2. The maximum Gasteiger partial charge on any atom is 0.243 e. The van der Waals surface area contributed by atoms with Crippen LogP contribution < -0.4 is 0 Å². The summed E-state index contributed by atoms with van der Waals surface area (Å²) in [5.74, 6) is -0.410. The van der Waals surface area contributed by atoms with E-state index >= 15 is 0 Å². The van der Waals surface area contributed by atoms with Crippen LogP contribution in [-0.2, 0) is 20.2 Å². The summed E-state index contributed by atoms with van der Waals surface area (Å²) in [5, 5.41) is 0.636. The lowest BCUT2D eigenvalue weighted by molar-refractivity contribution is -0.140. The van der Waals surface area contributed by atoms with Gasteiger partial charge in [0.1, 0.15) is 5.82 Å². The number of hydrogen-bond donors (Lipinski definition) is 0. The fourth-order valence-electron chi connectivity index (χ4n) is 4.32. The molecule has 1 heterocycles. The molecule has 1 aliphatic carbocycles. The highest BCUT2D eigenvalue weighted by molar-refractivity contribution is 7.89. The Bertz CT molecular complexity index is 1020. The van der Waals surface area contributed by atoms with Crippen LogP contribution in [0.25, 0.3) is 0 Å². The van der Waals surface area contributed by atoms with Crippen LogP contribution in [0.3, 0.4) is 0 Å². The average Bonchev–Trinajstić information content (AvgIpc) is 2.95. The minimum Gasteiger partial charge on any atom is -0.341 e. The summed E-state index contributed by atoms with van der Waals surface area (Å²) in [6, 6.07) is 12.3. The summed E-state index contributed by atoms with van der Waals surface area (Å²) in [7, 11) is -3.72. The third-order valence-electron chi connectivity index (χ3n) is 6.21. The molecule has 1 saturated carbocycles. The number of carbonyl (C=O) groups is 1. The van der Waals surface area contributed by atoms with Gasteiger partial charge in [-0.15, -0.1) is 0 Å². The number of halogens is 2. The van der Waals surface area contributed by atoms with Crippen molar-refractivity contribution in [3.8, 4) is 0 Å². The molecule has 0 unspecified atom stereocenters. The van der Waals surface area contributed by atoms with E-state index < -0.39 is 21.3 Å². The van der Waals surface area contributed by atoms with Crippen LogP contribution in [0.2, 0.25) is 5.02 Å². The van der Waals surface area contributed by atoms with Crippen molar-refractivity contribution in [1.82, 2.24) is 9.21 Å². The van der Waals surface area contributed by atoms with Crippen LogP contribution in [-0.4, -0.2) is 49.7 Å². The van der Waals surface area contributed by atoms with Gasteiger partial charge in [-0.1, -0.05) is 30.2 Å². The minimum atomic E-state index is -3.72. The van der Waals surface area contributed by atoms with Crippen molar-refractivity contribution in [2.75, 3.05) is 26.2 Å². The maximum absolute atomic E-state index is 13.5. The predicted octanol–water partition coefficient (Wildman–Crippen LogP) is 3.82. The van der Waals surface area contributed by atoms with E-state index in [0.717, 1.165) is 37.0 Å². The lowest BCUT2D eigenvalue weighted by Crippen LogP contribution is -2.52. The number of benzene rings is 2. The zero-order chi connectivity index (χ0) is 21.4. The van der Waals surface area contributed by atoms with Crippen molar-refractivity contribution < 1.29 is 17.6 Å². The van der Waals surface area contributed by atoms with E-state index in [2.05, 4.69) is 0 Å². The SMILES string of the molecule is O=C(N1CCCN(S(=O)(=O)c2ccc(F)cc2)CC1)C1(c2ccc(Cl)cc2)CCC1. The van der Waals surface area contributed by atoms with Crippen LogP contribution in [0.15, 0.2) is 53.4 Å². The quantitative estimate of drug-likeness (QED) is 0.711. The summed E-state index contributed by atoms with van der Waals surface area (Å²) in [6.45, 7) is 1.41. The summed E-state index contributed by atoms with van der Waals surface area (Å²) in [5.41, 5.74) is 0.443.